The third-order valence-corrected chi connectivity index (χ3v) is 2.51. The lowest BCUT2D eigenvalue weighted by molar-refractivity contribution is 0.374. The van der Waals surface area contributed by atoms with Gasteiger partial charge in [-0.1, -0.05) is 6.07 Å². The van der Waals surface area contributed by atoms with Gasteiger partial charge in [0.05, 0.1) is 18.3 Å². The van der Waals surface area contributed by atoms with Crippen LogP contribution in [0.4, 0.5) is 0 Å². The van der Waals surface area contributed by atoms with Crippen LogP contribution in [0.25, 0.3) is 11.3 Å². The number of rotatable bonds is 2. The molecule has 0 bridgehead atoms. The first-order valence-corrected chi connectivity index (χ1v) is 5.01. The minimum Gasteiger partial charge on any atom is -0.504 e. The van der Waals surface area contributed by atoms with Gasteiger partial charge in [0, 0.05) is 10.9 Å². The summed E-state index contributed by atoms with van der Waals surface area (Å²) in [6.07, 6.45) is 0. The van der Waals surface area contributed by atoms with Crippen molar-refractivity contribution in [1.29, 1.82) is 0 Å². The first-order chi connectivity index (χ1) is 6.83. The van der Waals surface area contributed by atoms with E-state index in [1.54, 1.807) is 11.6 Å². The SMILES string of the molecule is COc1cccc(-c2cscn2)c1O. The molecule has 2 aromatic rings. The molecule has 1 N–H and O–H groups in total. The number of benzene rings is 1. The van der Waals surface area contributed by atoms with Crippen molar-refractivity contribution in [1.82, 2.24) is 4.98 Å². The number of hydrogen-bond acceptors (Lipinski definition) is 4. The molecule has 2 rings (SSSR count). The van der Waals surface area contributed by atoms with Crippen LogP contribution in [0.2, 0.25) is 0 Å². The Morgan fingerprint density at radius 1 is 1.43 bits per heavy atom. The van der Waals surface area contributed by atoms with Crippen molar-refractivity contribution in [3.05, 3.63) is 29.1 Å². The maximum absolute atomic E-state index is 9.80. The summed E-state index contributed by atoms with van der Waals surface area (Å²) in [5, 5.41) is 11.7. The van der Waals surface area contributed by atoms with Crippen molar-refractivity contribution in [3.8, 4) is 22.8 Å². The van der Waals surface area contributed by atoms with Gasteiger partial charge in [-0.15, -0.1) is 11.3 Å². The molecular weight excluding hydrogens is 198 g/mol. The number of hydrogen-bond donors (Lipinski definition) is 1. The normalized spacial score (nSPS) is 10.1. The van der Waals surface area contributed by atoms with E-state index in [0.717, 1.165) is 5.69 Å². The molecule has 0 aliphatic rings. The summed E-state index contributed by atoms with van der Waals surface area (Å²) in [5.41, 5.74) is 3.20. The van der Waals surface area contributed by atoms with Crippen LogP contribution in [0.15, 0.2) is 29.1 Å². The quantitative estimate of drug-likeness (QED) is 0.822. The monoisotopic (exact) mass is 207 g/mol. The predicted octanol–water partition coefficient (Wildman–Crippen LogP) is 2.52. The van der Waals surface area contributed by atoms with Crippen LogP contribution in [0.5, 0.6) is 11.5 Å². The van der Waals surface area contributed by atoms with Gasteiger partial charge in [-0.25, -0.2) is 4.98 Å². The third-order valence-electron chi connectivity index (χ3n) is 1.93. The van der Waals surface area contributed by atoms with E-state index in [2.05, 4.69) is 4.98 Å². The van der Waals surface area contributed by atoms with Crippen LogP contribution in [-0.4, -0.2) is 17.2 Å². The number of para-hydroxylation sites is 1. The first-order valence-electron chi connectivity index (χ1n) is 4.07. The second-order valence-corrected chi connectivity index (χ2v) is 3.45. The number of aromatic nitrogens is 1. The minimum atomic E-state index is 0.140. The molecule has 0 aliphatic heterocycles. The molecular formula is C10H9NO2S. The highest BCUT2D eigenvalue weighted by Gasteiger charge is 2.09. The van der Waals surface area contributed by atoms with Crippen LogP contribution < -0.4 is 4.74 Å². The van der Waals surface area contributed by atoms with Crippen LogP contribution in [-0.2, 0) is 0 Å². The van der Waals surface area contributed by atoms with Crippen molar-refractivity contribution in [2.75, 3.05) is 7.11 Å². The number of aromatic hydroxyl groups is 1. The summed E-state index contributed by atoms with van der Waals surface area (Å²) < 4.78 is 5.01. The largest absolute Gasteiger partial charge is 0.504 e. The summed E-state index contributed by atoms with van der Waals surface area (Å²) in [7, 11) is 1.53. The summed E-state index contributed by atoms with van der Waals surface area (Å²) >= 11 is 1.49. The van der Waals surface area contributed by atoms with Gasteiger partial charge in [-0.05, 0) is 12.1 Å². The molecule has 0 aliphatic carbocycles. The zero-order valence-electron chi connectivity index (χ0n) is 7.60. The van der Waals surface area contributed by atoms with E-state index < -0.39 is 0 Å². The highest BCUT2D eigenvalue weighted by atomic mass is 32.1. The number of methoxy groups -OCH3 is 1. The van der Waals surface area contributed by atoms with E-state index in [0.29, 0.717) is 11.3 Å². The number of nitrogens with zero attached hydrogens (tertiary/aromatic N) is 1. The van der Waals surface area contributed by atoms with Gasteiger partial charge in [0.2, 0.25) is 0 Å². The number of thiazole rings is 1. The van der Waals surface area contributed by atoms with Crippen LogP contribution in [0, 0.1) is 0 Å². The zero-order valence-corrected chi connectivity index (χ0v) is 8.41. The number of phenolic OH excluding ortho intramolecular Hbond substituents is 1. The van der Waals surface area contributed by atoms with Crippen molar-refractivity contribution in [2.45, 2.75) is 0 Å². The predicted molar refractivity (Wildman–Crippen MR) is 55.8 cm³/mol. The molecule has 3 nitrogen and oxygen atoms in total. The van der Waals surface area contributed by atoms with Gasteiger partial charge in [0.1, 0.15) is 0 Å². The van der Waals surface area contributed by atoms with Gasteiger partial charge >= 0.3 is 0 Å². The van der Waals surface area contributed by atoms with Crippen LogP contribution in [0.3, 0.4) is 0 Å². The molecule has 1 heterocycles. The summed E-state index contributed by atoms with van der Waals surface area (Å²) in [6, 6.07) is 5.35. The highest BCUT2D eigenvalue weighted by Crippen LogP contribution is 2.36. The lowest BCUT2D eigenvalue weighted by Crippen LogP contribution is -1.85. The van der Waals surface area contributed by atoms with E-state index in [-0.39, 0.29) is 5.75 Å². The second-order valence-electron chi connectivity index (χ2n) is 2.73. The van der Waals surface area contributed by atoms with E-state index >= 15 is 0 Å². The fourth-order valence-electron chi connectivity index (χ4n) is 1.24. The van der Waals surface area contributed by atoms with Crippen molar-refractivity contribution in [3.63, 3.8) is 0 Å². The molecule has 72 valence electrons. The Hall–Kier alpha value is -1.55. The Morgan fingerprint density at radius 3 is 2.93 bits per heavy atom. The first kappa shape index (κ1) is 9.02. The molecule has 0 atom stereocenters. The average molecular weight is 207 g/mol. The van der Waals surface area contributed by atoms with Crippen LogP contribution in [0.1, 0.15) is 0 Å². The van der Waals surface area contributed by atoms with E-state index in [9.17, 15) is 5.11 Å². The summed E-state index contributed by atoms with van der Waals surface area (Å²) in [5.74, 6) is 0.608. The summed E-state index contributed by atoms with van der Waals surface area (Å²) in [4.78, 5) is 4.13. The Labute approximate surface area is 85.6 Å². The molecule has 0 amide bonds. The molecule has 0 saturated heterocycles. The smallest absolute Gasteiger partial charge is 0.167 e. The Bertz CT molecular complexity index is 426. The molecule has 0 radical (unpaired) electrons. The zero-order chi connectivity index (χ0) is 9.97. The molecule has 0 spiro atoms. The highest BCUT2D eigenvalue weighted by molar-refractivity contribution is 7.07. The minimum absolute atomic E-state index is 0.140. The van der Waals surface area contributed by atoms with Gasteiger partial charge < -0.3 is 9.84 Å². The van der Waals surface area contributed by atoms with Crippen LogP contribution >= 0.6 is 11.3 Å². The fraction of sp³-hybridized carbons (Fsp3) is 0.100. The number of phenols is 1. The molecule has 0 unspecified atom stereocenters. The molecule has 0 fully saturated rings. The van der Waals surface area contributed by atoms with Crippen molar-refractivity contribution >= 4 is 11.3 Å². The van der Waals surface area contributed by atoms with Crippen molar-refractivity contribution in [2.24, 2.45) is 0 Å². The Kier molecular flexibility index (Phi) is 2.37. The molecule has 1 aromatic heterocycles. The van der Waals surface area contributed by atoms with Gasteiger partial charge in [0.25, 0.3) is 0 Å². The maximum atomic E-state index is 9.80. The molecule has 14 heavy (non-hydrogen) atoms. The van der Waals surface area contributed by atoms with Gasteiger partial charge in [0.15, 0.2) is 11.5 Å². The second kappa shape index (κ2) is 3.67. The third kappa shape index (κ3) is 1.44. The topological polar surface area (TPSA) is 42.4 Å². The lowest BCUT2D eigenvalue weighted by atomic mass is 10.1. The van der Waals surface area contributed by atoms with Gasteiger partial charge in [-0.2, -0.15) is 0 Å². The Balaban J connectivity index is 2.54. The molecule has 1 aromatic carbocycles. The van der Waals surface area contributed by atoms with E-state index in [1.807, 2.05) is 17.5 Å². The molecule has 0 saturated carbocycles. The Morgan fingerprint density at radius 2 is 2.29 bits per heavy atom. The van der Waals surface area contributed by atoms with E-state index in [1.165, 1.54) is 18.4 Å². The lowest BCUT2D eigenvalue weighted by Gasteiger charge is -2.06. The molecule has 4 heteroatoms. The number of ether oxygens (including phenoxy) is 1. The standard InChI is InChI=1S/C10H9NO2S/c1-13-9-4-2-3-7(10(9)12)8-5-14-6-11-8/h2-6,12H,1H3. The van der Waals surface area contributed by atoms with E-state index in [4.69, 9.17) is 4.74 Å². The average Bonchev–Trinajstić information content (AvgIpc) is 2.71. The fourth-order valence-corrected chi connectivity index (χ4v) is 1.79. The van der Waals surface area contributed by atoms with Gasteiger partial charge in [-0.3, -0.25) is 0 Å². The maximum Gasteiger partial charge on any atom is 0.167 e. The summed E-state index contributed by atoms with van der Waals surface area (Å²) in [6.45, 7) is 0. The van der Waals surface area contributed by atoms with Crippen molar-refractivity contribution < 1.29 is 9.84 Å².